The summed E-state index contributed by atoms with van der Waals surface area (Å²) in [6.07, 6.45) is 7.51. The summed E-state index contributed by atoms with van der Waals surface area (Å²) in [5.74, 6) is 0.500. The van der Waals surface area contributed by atoms with E-state index in [2.05, 4.69) is 15.3 Å². The smallest absolute Gasteiger partial charge is 0.252 e. The molecule has 0 unspecified atom stereocenters. The summed E-state index contributed by atoms with van der Waals surface area (Å²) in [5, 5.41) is 3.17. The van der Waals surface area contributed by atoms with Crippen LogP contribution in [0.4, 0.5) is 5.69 Å². The number of carbonyl (C=O) groups is 1. The predicted molar refractivity (Wildman–Crippen MR) is 68.2 cm³/mol. The number of carbonyl (C=O) groups excluding carboxylic acids is 1. The minimum Gasteiger partial charge on any atom is -0.384 e. The van der Waals surface area contributed by atoms with Gasteiger partial charge in [0.2, 0.25) is 0 Å². The summed E-state index contributed by atoms with van der Waals surface area (Å²) in [4.78, 5) is 19.3. The van der Waals surface area contributed by atoms with Crippen molar-refractivity contribution in [1.82, 2.24) is 14.5 Å². The van der Waals surface area contributed by atoms with Crippen molar-refractivity contribution in [2.75, 3.05) is 11.9 Å². The van der Waals surface area contributed by atoms with Crippen LogP contribution in [0.3, 0.4) is 0 Å². The van der Waals surface area contributed by atoms with Gasteiger partial charge in [-0.15, -0.1) is 0 Å². The van der Waals surface area contributed by atoms with Crippen LogP contribution in [0.15, 0.2) is 30.9 Å². The second-order valence-corrected chi connectivity index (χ2v) is 3.92. The molecule has 0 radical (unpaired) electrons. The van der Waals surface area contributed by atoms with Gasteiger partial charge in [-0.3, -0.25) is 9.78 Å². The number of nitrogens with zero attached hydrogens (tertiary/aromatic N) is 3. The summed E-state index contributed by atoms with van der Waals surface area (Å²) in [5.41, 5.74) is 6.37. The summed E-state index contributed by atoms with van der Waals surface area (Å²) in [6, 6.07) is 1.73. The Morgan fingerprint density at radius 3 is 3.00 bits per heavy atom. The van der Waals surface area contributed by atoms with E-state index in [4.69, 9.17) is 5.73 Å². The van der Waals surface area contributed by atoms with E-state index >= 15 is 0 Å². The lowest BCUT2D eigenvalue weighted by Gasteiger charge is -2.09. The molecule has 0 saturated carbocycles. The van der Waals surface area contributed by atoms with Crippen molar-refractivity contribution in [3.63, 3.8) is 0 Å². The van der Waals surface area contributed by atoms with Crippen LogP contribution in [0.2, 0.25) is 0 Å². The van der Waals surface area contributed by atoms with Crippen molar-refractivity contribution in [3.8, 4) is 0 Å². The highest BCUT2D eigenvalue weighted by Crippen LogP contribution is 2.12. The van der Waals surface area contributed by atoms with Gasteiger partial charge in [-0.05, 0) is 6.07 Å². The van der Waals surface area contributed by atoms with Crippen molar-refractivity contribution in [1.29, 1.82) is 0 Å². The number of amides is 1. The zero-order valence-corrected chi connectivity index (χ0v) is 10.1. The van der Waals surface area contributed by atoms with Crippen molar-refractivity contribution in [2.24, 2.45) is 12.8 Å². The average Bonchev–Trinajstić information content (AvgIpc) is 2.76. The Morgan fingerprint density at radius 2 is 2.33 bits per heavy atom. The number of hydrogen-bond donors (Lipinski definition) is 2. The molecule has 0 spiro atoms. The number of nitrogens with one attached hydrogen (secondary N) is 1. The molecule has 0 aromatic carbocycles. The monoisotopic (exact) mass is 245 g/mol. The summed E-state index contributed by atoms with van der Waals surface area (Å²) >= 11 is 0. The molecule has 2 rings (SSSR count). The van der Waals surface area contributed by atoms with E-state index < -0.39 is 5.91 Å². The molecular formula is C12H15N5O. The molecule has 0 bridgehead atoms. The van der Waals surface area contributed by atoms with Gasteiger partial charge in [-0.1, -0.05) is 0 Å². The first kappa shape index (κ1) is 12.1. The van der Waals surface area contributed by atoms with Crippen LogP contribution < -0.4 is 11.1 Å². The van der Waals surface area contributed by atoms with Gasteiger partial charge in [0, 0.05) is 44.8 Å². The third kappa shape index (κ3) is 2.65. The zero-order valence-electron chi connectivity index (χ0n) is 10.1. The largest absolute Gasteiger partial charge is 0.384 e. The highest BCUT2D eigenvalue weighted by atomic mass is 16.1. The number of imidazole rings is 1. The van der Waals surface area contributed by atoms with Gasteiger partial charge in [0.25, 0.3) is 5.91 Å². The maximum Gasteiger partial charge on any atom is 0.252 e. The minimum absolute atomic E-state index is 0.400. The number of rotatable bonds is 5. The molecule has 18 heavy (non-hydrogen) atoms. The Hall–Kier alpha value is -2.37. The molecule has 6 nitrogen and oxygen atoms in total. The topological polar surface area (TPSA) is 85.8 Å². The van der Waals surface area contributed by atoms with Crippen LogP contribution in [-0.4, -0.2) is 27.0 Å². The Bertz CT molecular complexity index is 549. The molecule has 0 fully saturated rings. The molecule has 0 aliphatic heterocycles. The molecule has 2 heterocycles. The highest BCUT2D eigenvalue weighted by Gasteiger charge is 2.07. The van der Waals surface area contributed by atoms with Gasteiger partial charge in [-0.2, -0.15) is 0 Å². The molecule has 94 valence electrons. The number of pyridine rings is 1. The van der Waals surface area contributed by atoms with E-state index in [0.29, 0.717) is 17.8 Å². The lowest BCUT2D eigenvalue weighted by atomic mass is 10.2. The fourth-order valence-corrected chi connectivity index (χ4v) is 1.69. The van der Waals surface area contributed by atoms with E-state index in [1.165, 1.54) is 6.20 Å². The number of aromatic nitrogens is 3. The normalized spacial score (nSPS) is 10.3. The van der Waals surface area contributed by atoms with Gasteiger partial charge in [0.15, 0.2) is 0 Å². The summed E-state index contributed by atoms with van der Waals surface area (Å²) in [7, 11) is 1.95. The molecule has 0 saturated heterocycles. The van der Waals surface area contributed by atoms with E-state index in [1.807, 2.05) is 17.8 Å². The fourth-order valence-electron chi connectivity index (χ4n) is 1.69. The summed E-state index contributed by atoms with van der Waals surface area (Å²) < 4.78 is 1.96. The Balaban J connectivity index is 1.99. The number of nitrogens with two attached hydrogens (primary N) is 1. The van der Waals surface area contributed by atoms with Gasteiger partial charge in [0.1, 0.15) is 5.82 Å². The first-order valence-electron chi connectivity index (χ1n) is 5.62. The SMILES string of the molecule is Cn1ccnc1CCNc1ccncc1C(N)=O. The number of primary amides is 1. The number of aryl methyl sites for hydroxylation is 1. The lowest BCUT2D eigenvalue weighted by Crippen LogP contribution is -2.16. The van der Waals surface area contributed by atoms with Crippen LogP contribution in [-0.2, 0) is 13.5 Å². The molecule has 0 atom stereocenters. The van der Waals surface area contributed by atoms with Crippen LogP contribution in [0.1, 0.15) is 16.2 Å². The maximum absolute atomic E-state index is 11.2. The zero-order chi connectivity index (χ0) is 13.0. The Kier molecular flexibility index (Phi) is 3.57. The molecule has 2 aromatic heterocycles. The molecule has 0 aliphatic rings. The number of anilines is 1. The van der Waals surface area contributed by atoms with Crippen molar-refractivity contribution >= 4 is 11.6 Å². The molecule has 1 amide bonds. The van der Waals surface area contributed by atoms with Gasteiger partial charge in [-0.25, -0.2) is 4.98 Å². The van der Waals surface area contributed by atoms with E-state index in [0.717, 1.165) is 12.2 Å². The first-order chi connectivity index (χ1) is 8.68. The molecule has 3 N–H and O–H groups in total. The molecule has 6 heteroatoms. The third-order valence-corrected chi connectivity index (χ3v) is 2.67. The van der Waals surface area contributed by atoms with Crippen LogP contribution in [0.25, 0.3) is 0 Å². The van der Waals surface area contributed by atoms with Gasteiger partial charge >= 0.3 is 0 Å². The Labute approximate surface area is 105 Å². The maximum atomic E-state index is 11.2. The molecule has 2 aromatic rings. The quantitative estimate of drug-likeness (QED) is 0.806. The number of hydrogen-bond acceptors (Lipinski definition) is 4. The standard InChI is InChI=1S/C12H15N5O/c1-17-7-6-16-11(17)3-5-15-10-2-4-14-8-9(10)12(13)18/h2,4,6-8H,3,5H2,1H3,(H2,13,18)(H,14,15). The third-order valence-electron chi connectivity index (χ3n) is 2.67. The van der Waals surface area contributed by atoms with Crippen molar-refractivity contribution in [2.45, 2.75) is 6.42 Å². The fraction of sp³-hybridized carbons (Fsp3) is 0.250. The van der Waals surface area contributed by atoms with Gasteiger partial charge < -0.3 is 15.6 Å². The second kappa shape index (κ2) is 5.31. The molecule has 0 aliphatic carbocycles. The predicted octanol–water partition coefficient (Wildman–Crippen LogP) is 0.569. The van der Waals surface area contributed by atoms with Crippen molar-refractivity contribution in [3.05, 3.63) is 42.2 Å². The van der Waals surface area contributed by atoms with Crippen LogP contribution in [0.5, 0.6) is 0 Å². The highest BCUT2D eigenvalue weighted by molar-refractivity contribution is 5.98. The van der Waals surface area contributed by atoms with E-state index in [1.54, 1.807) is 18.5 Å². The molecular weight excluding hydrogens is 230 g/mol. The van der Waals surface area contributed by atoms with Crippen LogP contribution >= 0.6 is 0 Å². The van der Waals surface area contributed by atoms with E-state index in [9.17, 15) is 4.79 Å². The van der Waals surface area contributed by atoms with Crippen molar-refractivity contribution < 1.29 is 4.79 Å². The minimum atomic E-state index is -0.484. The average molecular weight is 245 g/mol. The van der Waals surface area contributed by atoms with Crippen LogP contribution in [0, 0.1) is 0 Å². The Morgan fingerprint density at radius 1 is 1.50 bits per heavy atom. The first-order valence-corrected chi connectivity index (χ1v) is 5.62. The van der Waals surface area contributed by atoms with Gasteiger partial charge in [0.05, 0.1) is 11.3 Å². The second-order valence-electron chi connectivity index (χ2n) is 3.92. The lowest BCUT2D eigenvalue weighted by molar-refractivity contribution is 0.100. The van der Waals surface area contributed by atoms with E-state index in [-0.39, 0.29) is 0 Å². The summed E-state index contributed by atoms with van der Waals surface area (Å²) in [6.45, 7) is 0.676.